The lowest BCUT2D eigenvalue weighted by Crippen LogP contribution is -2.56. The molecule has 4 rings (SSSR count). The Kier molecular flexibility index (Phi) is 11.0. The Morgan fingerprint density at radius 1 is 0.891 bits per heavy atom. The molecule has 1 aliphatic carbocycles. The van der Waals surface area contributed by atoms with Crippen LogP contribution in [0.5, 0.6) is 0 Å². The van der Waals surface area contributed by atoms with Crippen molar-refractivity contribution < 1.29 is 14.4 Å². The first kappa shape index (κ1) is 36.7. The molecule has 4 atom stereocenters. The molecule has 1 unspecified atom stereocenters. The lowest BCUT2D eigenvalue weighted by atomic mass is 9.74. The number of carbonyl (C=O) groups is 3. The van der Waals surface area contributed by atoms with Crippen LogP contribution in [0.4, 0.5) is 0 Å². The maximum atomic E-state index is 14.8. The van der Waals surface area contributed by atoms with Gasteiger partial charge in [0.1, 0.15) is 6.04 Å². The normalized spacial score (nSPS) is 26.1. The molecule has 2 heterocycles. The summed E-state index contributed by atoms with van der Waals surface area (Å²) in [5, 5.41) is 0.671. The van der Waals surface area contributed by atoms with E-state index in [1.165, 1.54) is 0 Å². The number of likely N-dealkylation sites (N-methyl/N-ethyl adjacent to an activating group) is 1. The molecule has 0 bridgehead atoms. The van der Waals surface area contributed by atoms with Gasteiger partial charge in [-0.25, -0.2) is 0 Å². The van der Waals surface area contributed by atoms with Crippen LogP contribution < -0.4 is 0 Å². The Morgan fingerprint density at radius 3 is 2.00 bits per heavy atom. The summed E-state index contributed by atoms with van der Waals surface area (Å²) in [5.41, 5.74) is 0.631. The number of nitrogens with zero attached hydrogens (tertiary/aromatic N) is 5. The molecule has 8 nitrogen and oxygen atoms in total. The van der Waals surface area contributed by atoms with E-state index < -0.39 is 11.5 Å². The van der Waals surface area contributed by atoms with Crippen LogP contribution in [0, 0.1) is 16.7 Å². The van der Waals surface area contributed by atoms with Crippen molar-refractivity contribution in [2.45, 2.75) is 110 Å². The smallest absolute Gasteiger partial charge is 0.244 e. The average molecular weight is 658 g/mol. The molecular weight excluding hydrogens is 598 g/mol. The van der Waals surface area contributed by atoms with Gasteiger partial charge in [0.05, 0.1) is 17.4 Å². The number of hydrogen-bond donors (Lipinski definition) is 0. The van der Waals surface area contributed by atoms with Gasteiger partial charge in [-0.3, -0.25) is 19.3 Å². The summed E-state index contributed by atoms with van der Waals surface area (Å²) in [4.78, 5) is 53.3. The zero-order valence-corrected chi connectivity index (χ0v) is 31.2. The standard InChI is InChI=1S/C37H60ClN5O3/c1-35(2,3)41-22-29(25-12-14-26(38)15-13-25)30(23-41)32(44)42-21-28(20-31(42)33(45)40(10)11)43(27-16-18-36(4,5)19-17-27)34(46)37(6,7)24-39(8)9/h12-15,27-31H,16-24H2,1-11H3/t28-,29+,30?,31-/m0/s1. The Hall–Kier alpha value is -2.16. The van der Waals surface area contributed by atoms with Crippen LogP contribution in [0.25, 0.3) is 0 Å². The first-order chi connectivity index (χ1) is 21.2. The predicted octanol–water partition coefficient (Wildman–Crippen LogP) is 5.60. The summed E-state index contributed by atoms with van der Waals surface area (Å²) >= 11 is 6.25. The van der Waals surface area contributed by atoms with Crippen LogP contribution in [-0.2, 0) is 14.4 Å². The van der Waals surface area contributed by atoms with E-state index in [9.17, 15) is 14.4 Å². The van der Waals surface area contributed by atoms with Gasteiger partial charge in [0, 0.05) is 62.8 Å². The summed E-state index contributed by atoms with van der Waals surface area (Å²) in [6, 6.07) is 7.14. The quantitative estimate of drug-likeness (QED) is 0.364. The predicted molar refractivity (Wildman–Crippen MR) is 187 cm³/mol. The average Bonchev–Trinajstić information content (AvgIpc) is 3.59. The highest BCUT2D eigenvalue weighted by molar-refractivity contribution is 6.30. The number of rotatable bonds is 8. The fourth-order valence-corrected chi connectivity index (χ4v) is 8.28. The largest absolute Gasteiger partial charge is 0.347 e. The van der Waals surface area contributed by atoms with E-state index >= 15 is 0 Å². The van der Waals surface area contributed by atoms with E-state index in [0.29, 0.717) is 31.1 Å². The van der Waals surface area contributed by atoms with Crippen molar-refractivity contribution in [3.05, 3.63) is 34.9 Å². The molecule has 3 amide bonds. The maximum absolute atomic E-state index is 14.8. The van der Waals surface area contributed by atoms with Crippen molar-refractivity contribution >= 4 is 29.3 Å². The van der Waals surface area contributed by atoms with Gasteiger partial charge in [-0.15, -0.1) is 0 Å². The molecule has 0 spiro atoms. The van der Waals surface area contributed by atoms with Gasteiger partial charge in [-0.2, -0.15) is 0 Å². The van der Waals surface area contributed by atoms with Crippen LogP contribution in [0.15, 0.2) is 24.3 Å². The Bertz CT molecular complexity index is 1240. The van der Waals surface area contributed by atoms with Crippen molar-refractivity contribution in [1.82, 2.24) is 24.5 Å². The van der Waals surface area contributed by atoms with Crippen molar-refractivity contribution in [3.8, 4) is 0 Å². The Morgan fingerprint density at radius 2 is 1.48 bits per heavy atom. The van der Waals surface area contributed by atoms with Crippen molar-refractivity contribution in [1.29, 1.82) is 0 Å². The number of hydrogen-bond acceptors (Lipinski definition) is 5. The minimum Gasteiger partial charge on any atom is -0.347 e. The van der Waals surface area contributed by atoms with Gasteiger partial charge in [-0.1, -0.05) is 37.6 Å². The number of halogens is 1. The van der Waals surface area contributed by atoms with Gasteiger partial charge in [0.25, 0.3) is 0 Å². The SMILES string of the molecule is CN(C)CC(C)(C)C(=O)N(C1CCC(C)(C)CC1)[C@H]1C[C@@H](C(=O)N(C)C)N(C(=O)C2CN(C(C)(C)C)C[C@@H]2c2ccc(Cl)cc2)C1. The van der Waals surface area contributed by atoms with Gasteiger partial charge >= 0.3 is 0 Å². The van der Waals surface area contributed by atoms with E-state index in [1.54, 1.807) is 19.0 Å². The highest BCUT2D eigenvalue weighted by Gasteiger charge is 2.51. The molecule has 3 fully saturated rings. The van der Waals surface area contributed by atoms with Gasteiger partial charge in [0.2, 0.25) is 17.7 Å². The van der Waals surface area contributed by atoms with Crippen LogP contribution in [-0.4, -0.2) is 120 Å². The van der Waals surface area contributed by atoms with Gasteiger partial charge in [-0.05, 0) is 104 Å². The number of amides is 3. The molecule has 0 N–H and O–H groups in total. The number of carbonyl (C=O) groups excluding carboxylic acids is 3. The molecule has 0 aromatic heterocycles. The highest BCUT2D eigenvalue weighted by Crippen LogP contribution is 2.42. The summed E-state index contributed by atoms with van der Waals surface area (Å²) in [6.07, 6.45) is 4.45. The van der Waals surface area contributed by atoms with Crippen LogP contribution in [0.1, 0.15) is 92.1 Å². The molecule has 3 aliphatic rings. The number of likely N-dealkylation sites (tertiary alicyclic amines) is 2. The lowest BCUT2D eigenvalue weighted by molar-refractivity contribution is -0.148. The van der Waals surface area contributed by atoms with Crippen LogP contribution in [0.3, 0.4) is 0 Å². The van der Waals surface area contributed by atoms with Crippen molar-refractivity contribution in [2.24, 2.45) is 16.7 Å². The maximum Gasteiger partial charge on any atom is 0.244 e. The second-order valence-electron chi connectivity index (χ2n) is 17.2. The van der Waals surface area contributed by atoms with Crippen molar-refractivity contribution in [3.63, 3.8) is 0 Å². The van der Waals surface area contributed by atoms with E-state index in [4.69, 9.17) is 11.6 Å². The molecule has 258 valence electrons. The third-order valence-corrected chi connectivity index (χ3v) is 11.0. The van der Waals surface area contributed by atoms with Gasteiger partial charge < -0.3 is 19.6 Å². The Balaban J connectivity index is 1.71. The molecule has 1 aromatic rings. The zero-order chi connectivity index (χ0) is 34.4. The summed E-state index contributed by atoms with van der Waals surface area (Å²) in [7, 11) is 7.53. The minimum absolute atomic E-state index is 0.0131. The third kappa shape index (κ3) is 8.10. The van der Waals surface area contributed by atoms with E-state index in [1.807, 2.05) is 57.1 Å². The molecular formula is C37H60ClN5O3. The van der Waals surface area contributed by atoms with E-state index in [2.05, 4.69) is 49.3 Å². The number of benzene rings is 1. The fourth-order valence-electron chi connectivity index (χ4n) is 8.15. The molecule has 2 saturated heterocycles. The minimum atomic E-state index is -0.604. The fraction of sp³-hybridized carbons (Fsp3) is 0.757. The summed E-state index contributed by atoms with van der Waals surface area (Å²) in [6.45, 7) is 17.6. The topological polar surface area (TPSA) is 67.4 Å². The van der Waals surface area contributed by atoms with E-state index in [-0.39, 0.29) is 52.6 Å². The first-order valence-corrected chi connectivity index (χ1v) is 17.6. The highest BCUT2D eigenvalue weighted by atomic mass is 35.5. The molecule has 0 radical (unpaired) electrons. The van der Waals surface area contributed by atoms with Crippen LogP contribution >= 0.6 is 11.6 Å². The monoisotopic (exact) mass is 657 g/mol. The third-order valence-electron chi connectivity index (χ3n) is 10.8. The molecule has 1 aromatic carbocycles. The molecule has 9 heteroatoms. The second-order valence-corrected chi connectivity index (χ2v) is 17.6. The Labute approximate surface area is 283 Å². The lowest BCUT2D eigenvalue weighted by Gasteiger charge is -2.45. The van der Waals surface area contributed by atoms with Crippen LogP contribution in [0.2, 0.25) is 5.02 Å². The second kappa shape index (κ2) is 13.8. The van der Waals surface area contributed by atoms with Gasteiger partial charge in [0.15, 0.2) is 0 Å². The summed E-state index contributed by atoms with van der Waals surface area (Å²) < 4.78 is 0. The molecule has 46 heavy (non-hydrogen) atoms. The summed E-state index contributed by atoms with van der Waals surface area (Å²) in [5.74, 6) is -0.259. The van der Waals surface area contributed by atoms with E-state index in [0.717, 1.165) is 37.8 Å². The zero-order valence-electron chi connectivity index (χ0n) is 30.4. The molecule has 2 aliphatic heterocycles. The first-order valence-electron chi connectivity index (χ1n) is 17.2. The molecule has 1 saturated carbocycles. The van der Waals surface area contributed by atoms with Crippen molar-refractivity contribution in [2.75, 3.05) is 54.4 Å².